The Morgan fingerprint density at radius 2 is 1.04 bits per heavy atom. The number of hydrogen-bond donors (Lipinski definition) is 9. The fourth-order valence-corrected chi connectivity index (χ4v) is 5.85. The minimum atomic E-state index is -4.73. The molecule has 0 aliphatic rings. The van der Waals surface area contributed by atoms with Crippen LogP contribution in [-0.4, -0.2) is 44.0 Å². The molecule has 0 bridgehead atoms. The van der Waals surface area contributed by atoms with Crippen LogP contribution in [-0.2, 0) is 36.5 Å². The number of fused-ring (bicyclic) bond motifs is 2. The van der Waals surface area contributed by atoms with Crippen LogP contribution in [0, 0.1) is 0 Å². The maximum atomic E-state index is 11.9. The highest BCUT2D eigenvalue weighted by Crippen LogP contribution is 2.39. The second-order valence-electron chi connectivity index (χ2n) is 9.74. The topological polar surface area (TPSA) is 313 Å². The molecular weight excluding hydrogens is 708 g/mol. The van der Waals surface area contributed by atoms with Gasteiger partial charge in [0.15, 0.2) is 0 Å². The molecular formula is C27H26F3N5O10S3. The summed E-state index contributed by atoms with van der Waals surface area (Å²) in [5.41, 5.74) is 27.1. The van der Waals surface area contributed by atoms with Crippen molar-refractivity contribution in [3.05, 3.63) is 78.4 Å². The molecule has 0 heterocycles. The van der Waals surface area contributed by atoms with Gasteiger partial charge in [-0.25, -0.2) is 0 Å². The highest BCUT2D eigenvalue weighted by molar-refractivity contribution is 7.86. The predicted octanol–water partition coefficient (Wildman–Crippen LogP) is 3.74. The zero-order valence-electron chi connectivity index (χ0n) is 23.9. The SMILES string of the molecule is Nc1cc2c(O)c(N)c(S(=O)(=O)O)cc2cc1S(=O)(=O)O.Nc1ccc(C(F)(F)F)cc1.Nc1ccc(N)c2cc(S(=O)(=O)O)ccc12. The van der Waals surface area contributed by atoms with E-state index in [-0.39, 0.29) is 21.4 Å². The molecule has 0 aliphatic heterocycles. The smallest absolute Gasteiger partial charge is 0.416 e. The summed E-state index contributed by atoms with van der Waals surface area (Å²) in [6.07, 6.45) is -4.27. The van der Waals surface area contributed by atoms with Gasteiger partial charge in [-0.2, -0.15) is 38.4 Å². The van der Waals surface area contributed by atoms with E-state index in [1.54, 1.807) is 12.1 Å². The van der Waals surface area contributed by atoms with Crippen molar-refractivity contribution in [2.75, 3.05) is 28.7 Å². The molecule has 258 valence electrons. The van der Waals surface area contributed by atoms with Crippen LogP contribution >= 0.6 is 0 Å². The Balaban J connectivity index is 0.000000205. The number of alkyl halides is 3. The van der Waals surface area contributed by atoms with Crippen molar-refractivity contribution in [3.63, 3.8) is 0 Å². The third-order valence-electron chi connectivity index (χ3n) is 6.39. The fraction of sp³-hybridized carbons (Fsp3) is 0.0370. The van der Waals surface area contributed by atoms with Gasteiger partial charge in [-0.05, 0) is 72.1 Å². The summed E-state index contributed by atoms with van der Waals surface area (Å²) in [6, 6.07) is 14.4. The van der Waals surface area contributed by atoms with Crippen molar-refractivity contribution in [2.24, 2.45) is 0 Å². The molecule has 0 unspecified atom stereocenters. The first-order valence-corrected chi connectivity index (χ1v) is 16.9. The lowest BCUT2D eigenvalue weighted by Crippen LogP contribution is -2.06. The Bertz CT molecular complexity index is 2370. The lowest BCUT2D eigenvalue weighted by molar-refractivity contribution is -0.137. The van der Waals surface area contributed by atoms with Crippen LogP contribution in [0.4, 0.5) is 41.6 Å². The number of rotatable bonds is 3. The number of phenolic OH excluding ortho intramolecular Hbond substituents is 1. The fourth-order valence-electron chi connectivity index (χ4n) is 4.06. The second kappa shape index (κ2) is 13.2. The number of hydrogen-bond acceptors (Lipinski definition) is 12. The van der Waals surface area contributed by atoms with Gasteiger partial charge in [0.1, 0.15) is 15.5 Å². The van der Waals surface area contributed by atoms with E-state index in [0.717, 1.165) is 30.3 Å². The molecule has 0 saturated carbocycles. The van der Waals surface area contributed by atoms with Crippen molar-refractivity contribution >= 4 is 80.3 Å². The van der Waals surface area contributed by atoms with Crippen LogP contribution in [0.25, 0.3) is 21.5 Å². The van der Waals surface area contributed by atoms with Crippen molar-refractivity contribution in [1.82, 2.24) is 0 Å². The Morgan fingerprint density at radius 1 is 0.542 bits per heavy atom. The normalized spacial score (nSPS) is 12.1. The molecule has 0 spiro atoms. The van der Waals surface area contributed by atoms with Gasteiger partial charge >= 0.3 is 6.18 Å². The molecule has 0 fully saturated rings. The summed E-state index contributed by atoms with van der Waals surface area (Å²) in [6.45, 7) is 0. The van der Waals surface area contributed by atoms with Gasteiger partial charge in [-0.15, -0.1) is 0 Å². The van der Waals surface area contributed by atoms with Gasteiger partial charge in [-0.3, -0.25) is 13.7 Å². The zero-order chi connectivity index (χ0) is 36.6. The van der Waals surface area contributed by atoms with E-state index in [1.165, 1.54) is 30.3 Å². The lowest BCUT2D eigenvalue weighted by Gasteiger charge is -2.11. The molecule has 0 aromatic heterocycles. The molecule has 21 heteroatoms. The molecule has 0 radical (unpaired) electrons. The van der Waals surface area contributed by atoms with Gasteiger partial charge in [0, 0.05) is 33.2 Å². The first-order valence-electron chi connectivity index (χ1n) is 12.6. The van der Waals surface area contributed by atoms with E-state index in [0.29, 0.717) is 27.8 Å². The molecule has 14 N–H and O–H groups in total. The summed E-state index contributed by atoms with van der Waals surface area (Å²) in [4.78, 5) is -1.66. The highest BCUT2D eigenvalue weighted by Gasteiger charge is 2.29. The first-order chi connectivity index (χ1) is 21.8. The van der Waals surface area contributed by atoms with Crippen LogP contribution in [0.1, 0.15) is 5.56 Å². The monoisotopic (exact) mass is 733 g/mol. The number of benzene rings is 5. The van der Waals surface area contributed by atoms with Crippen molar-refractivity contribution in [2.45, 2.75) is 20.9 Å². The number of nitrogen functional groups attached to an aromatic ring is 5. The molecule has 0 amide bonds. The van der Waals surface area contributed by atoms with E-state index < -0.39 is 63.3 Å². The number of aromatic hydroxyl groups is 1. The van der Waals surface area contributed by atoms with Gasteiger partial charge in [-0.1, -0.05) is 6.07 Å². The highest BCUT2D eigenvalue weighted by atomic mass is 32.2. The molecule has 0 aliphatic carbocycles. The standard InChI is InChI=1S/C10H10N2O7S2.C10H10N2O3S.C7H6F3N/c11-6-3-5-4(1-7(6)20(14,15)16)2-8(21(17,18)19)9(12)10(5)13;11-9-3-4-10(12)8-5-6(16(13,14)15)1-2-7(8)9;8-7(9,10)5-1-3-6(11)4-2-5/h1-3,13H,11-12H2,(H,14,15,16)(H,17,18,19);1-5H,11-12H2,(H,13,14,15);1-4H,11H2. The van der Waals surface area contributed by atoms with E-state index >= 15 is 0 Å². The average Bonchev–Trinajstić information content (AvgIpc) is 2.95. The summed E-state index contributed by atoms with van der Waals surface area (Å²) in [5.74, 6) is -0.686. The Morgan fingerprint density at radius 3 is 1.52 bits per heavy atom. The summed E-state index contributed by atoms with van der Waals surface area (Å²) < 4.78 is 129. The van der Waals surface area contributed by atoms with Gasteiger partial charge in [0.25, 0.3) is 30.4 Å². The lowest BCUT2D eigenvalue weighted by atomic mass is 10.1. The van der Waals surface area contributed by atoms with Gasteiger partial charge in [0.05, 0.1) is 21.8 Å². The van der Waals surface area contributed by atoms with Crippen molar-refractivity contribution in [1.29, 1.82) is 0 Å². The number of nitrogens with two attached hydrogens (primary N) is 5. The molecule has 15 nitrogen and oxygen atoms in total. The number of anilines is 5. The quantitative estimate of drug-likeness (QED) is 0.0724. The minimum Gasteiger partial charge on any atom is -0.505 e. The Hall–Kier alpha value is -5.06. The van der Waals surface area contributed by atoms with E-state index in [4.69, 9.17) is 42.3 Å². The van der Waals surface area contributed by atoms with Crippen molar-refractivity contribution < 1.29 is 57.2 Å². The molecule has 0 atom stereocenters. The Labute approximate surface area is 270 Å². The van der Waals surface area contributed by atoms with Crippen LogP contribution in [0.15, 0.2) is 87.5 Å². The predicted molar refractivity (Wildman–Crippen MR) is 173 cm³/mol. The van der Waals surface area contributed by atoms with Gasteiger partial charge in [0.2, 0.25) is 0 Å². The van der Waals surface area contributed by atoms with Crippen molar-refractivity contribution in [3.8, 4) is 5.75 Å². The number of phenols is 1. The van der Waals surface area contributed by atoms with E-state index in [1.807, 2.05) is 0 Å². The third kappa shape index (κ3) is 8.64. The van der Waals surface area contributed by atoms with E-state index in [2.05, 4.69) is 0 Å². The molecule has 0 saturated heterocycles. The zero-order valence-corrected chi connectivity index (χ0v) is 26.4. The van der Waals surface area contributed by atoms with Crippen LogP contribution in [0.5, 0.6) is 5.75 Å². The Kier molecular flexibility index (Phi) is 10.3. The summed E-state index contributed by atoms with van der Waals surface area (Å²) in [7, 11) is -13.6. The average molecular weight is 734 g/mol. The van der Waals surface area contributed by atoms with Crippen LogP contribution < -0.4 is 28.7 Å². The summed E-state index contributed by atoms with van der Waals surface area (Å²) >= 11 is 0. The van der Waals surface area contributed by atoms with Gasteiger partial charge < -0.3 is 33.8 Å². The largest absolute Gasteiger partial charge is 0.505 e. The maximum absolute atomic E-state index is 11.9. The summed E-state index contributed by atoms with van der Waals surface area (Å²) in [5, 5.41) is 10.9. The van der Waals surface area contributed by atoms with E-state index in [9.17, 15) is 43.5 Å². The first kappa shape index (κ1) is 37.4. The molecule has 5 aromatic rings. The second-order valence-corrected chi connectivity index (χ2v) is 13.9. The maximum Gasteiger partial charge on any atom is 0.416 e. The van der Waals surface area contributed by atoms with Crippen LogP contribution in [0.2, 0.25) is 0 Å². The number of halogens is 3. The molecule has 5 aromatic carbocycles. The van der Waals surface area contributed by atoms with Crippen LogP contribution in [0.3, 0.4) is 0 Å². The molecule has 5 rings (SSSR count). The molecule has 48 heavy (non-hydrogen) atoms. The third-order valence-corrected chi connectivity index (χ3v) is 9.04. The minimum absolute atomic E-state index is 0.0372.